The molecule has 30 heavy (non-hydrogen) atoms. The molecule has 0 aliphatic rings. The summed E-state index contributed by atoms with van der Waals surface area (Å²) in [6, 6.07) is 21.2. The van der Waals surface area contributed by atoms with Crippen molar-refractivity contribution in [2.24, 2.45) is 0 Å². The van der Waals surface area contributed by atoms with Crippen LogP contribution in [0.15, 0.2) is 78.2 Å². The number of aryl methyl sites for hydroxylation is 1. The summed E-state index contributed by atoms with van der Waals surface area (Å²) in [5.74, 6) is -0.523. The molecule has 0 fully saturated rings. The van der Waals surface area contributed by atoms with Crippen molar-refractivity contribution in [3.05, 3.63) is 99.4 Å². The van der Waals surface area contributed by atoms with Crippen molar-refractivity contribution in [3.8, 4) is 21.8 Å². The Labute approximate surface area is 177 Å². The van der Waals surface area contributed by atoms with E-state index in [1.807, 2.05) is 29.6 Å². The average molecular weight is 415 g/mol. The molecule has 0 aliphatic heterocycles. The minimum absolute atomic E-state index is 0.0222. The second kappa shape index (κ2) is 8.26. The van der Waals surface area contributed by atoms with Gasteiger partial charge in [-0.1, -0.05) is 48.5 Å². The monoisotopic (exact) mass is 415 g/mol. The molecule has 0 saturated heterocycles. The van der Waals surface area contributed by atoms with Crippen molar-refractivity contribution >= 4 is 28.6 Å². The van der Waals surface area contributed by atoms with E-state index in [-0.39, 0.29) is 11.3 Å². The first-order valence-electron chi connectivity index (χ1n) is 9.19. The first kappa shape index (κ1) is 19.5. The molecule has 4 rings (SSSR count). The quantitative estimate of drug-likeness (QED) is 0.323. The Hall–Kier alpha value is -3.84. The first-order valence-corrected chi connectivity index (χ1v) is 10.1. The van der Waals surface area contributed by atoms with Gasteiger partial charge in [-0.3, -0.25) is 14.9 Å². The predicted molar refractivity (Wildman–Crippen MR) is 119 cm³/mol. The molecule has 6 nitrogen and oxygen atoms in total. The molecule has 0 atom stereocenters. The minimum Gasteiger partial charge on any atom is -0.322 e. The Balaban J connectivity index is 1.52. The number of benzene rings is 3. The Bertz CT molecular complexity index is 1230. The summed E-state index contributed by atoms with van der Waals surface area (Å²) in [7, 11) is 0. The van der Waals surface area contributed by atoms with E-state index < -0.39 is 10.8 Å². The van der Waals surface area contributed by atoms with E-state index in [2.05, 4.69) is 24.4 Å². The van der Waals surface area contributed by atoms with Gasteiger partial charge in [0.2, 0.25) is 0 Å². The van der Waals surface area contributed by atoms with Crippen LogP contribution in [0.25, 0.3) is 21.8 Å². The molecule has 0 bridgehead atoms. The van der Waals surface area contributed by atoms with Gasteiger partial charge in [-0.05, 0) is 30.7 Å². The number of hydrogen-bond acceptors (Lipinski definition) is 5. The number of thiazole rings is 1. The van der Waals surface area contributed by atoms with Crippen molar-refractivity contribution in [2.75, 3.05) is 5.32 Å². The molecule has 1 heterocycles. The van der Waals surface area contributed by atoms with Crippen molar-refractivity contribution < 1.29 is 9.72 Å². The summed E-state index contributed by atoms with van der Waals surface area (Å²) < 4.78 is 0. The maximum atomic E-state index is 12.5. The van der Waals surface area contributed by atoms with E-state index in [1.165, 1.54) is 23.8 Å². The Morgan fingerprint density at radius 1 is 1.00 bits per heavy atom. The molecular weight excluding hydrogens is 398 g/mol. The molecule has 148 valence electrons. The number of nitro benzene ring substituents is 1. The zero-order valence-corrected chi connectivity index (χ0v) is 16.8. The van der Waals surface area contributed by atoms with Crippen LogP contribution in [0, 0.1) is 17.0 Å². The molecule has 1 N–H and O–H groups in total. The molecule has 0 aliphatic carbocycles. The minimum atomic E-state index is -0.563. The zero-order chi connectivity index (χ0) is 21.1. The van der Waals surface area contributed by atoms with Crippen molar-refractivity contribution in [3.63, 3.8) is 0 Å². The third-order valence-corrected chi connectivity index (χ3v) is 5.54. The number of nitro groups is 1. The van der Waals surface area contributed by atoms with Crippen LogP contribution >= 0.6 is 11.3 Å². The van der Waals surface area contributed by atoms with Gasteiger partial charge in [0, 0.05) is 28.3 Å². The highest BCUT2D eigenvalue weighted by Crippen LogP contribution is 2.31. The summed E-state index contributed by atoms with van der Waals surface area (Å²) in [6.07, 6.45) is 0. The molecular formula is C23H17N3O3S. The molecule has 7 heteroatoms. The molecule has 0 spiro atoms. The van der Waals surface area contributed by atoms with Gasteiger partial charge in [0.15, 0.2) is 0 Å². The molecule has 1 amide bonds. The smallest absolute Gasteiger partial charge is 0.282 e. The fourth-order valence-corrected chi connectivity index (χ4v) is 4.01. The van der Waals surface area contributed by atoms with Crippen LogP contribution in [0.5, 0.6) is 0 Å². The number of nitrogens with one attached hydrogen (secondary N) is 1. The highest BCUT2D eigenvalue weighted by molar-refractivity contribution is 7.13. The lowest BCUT2D eigenvalue weighted by atomic mass is 10.1. The van der Waals surface area contributed by atoms with Crippen LogP contribution in [0.1, 0.15) is 15.9 Å². The third-order valence-electron chi connectivity index (χ3n) is 4.66. The van der Waals surface area contributed by atoms with Gasteiger partial charge in [-0.25, -0.2) is 4.98 Å². The Morgan fingerprint density at radius 3 is 2.43 bits per heavy atom. The van der Waals surface area contributed by atoms with E-state index in [4.69, 9.17) is 4.98 Å². The van der Waals surface area contributed by atoms with Crippen molar-refractivity contribution in [2.45, 2.75) is 6.92 Å². The van der Waals surface area contributed by atoms with Crippen LogP contribution in [-0.4, -0.2) is 15.8 Å². The number of hydrogen-bond donors (Lipinski definition) is 1. The van der Waals surface area contributed by atoms with Crippen LogP contribution in [-0.2, 0) is 0 Å². The lowest BCUT2D eigenvalue weighted by molar-refractivity contribution is -0.385. The molecule has 4 aromatic rings. The van der Waals surface area contributed by atoms with Crippen LogP contribution in [0.4, 0.5) is 11.4 Å². The lowest BCUT2D eigenvalue weighted by Crippen LogP contribution is -2.13. The zero-order valence-electron chi connectivity index (χ0n) is 16.0. The number of carbonyl (C=O) groups is 1. The summed E-state index contributed by atoms with van der Waals surface area (Å²) >= 11 is 1.58. The highest BCUT2D eigenvalue weighted by Gasteiger charge is 2.19. The van der Waals surface area contributed by atoms with Gasteiger partial charge in [0.1, 0.15) is 10.6 Å². The Kier molecular flexibility index (Phi) is 5.36. The molecule has 3 aromatic carbocycles. The third kappa shape index (κ3) is 3.97. The van der Waals surface area contributed by atoms with Gasteiger partial charge >= 0.3 is 0 Å². The maximum Gasteiger partial charge on any atom is 0.282 e. The van der Waals surface area contributed by atoms with Gasteiger partial charge in [0.05, 0.1) is 10.6 Å². The van der Waals surface area contributed by atoms with E-state index in [0.29, 0.717) is 5.69 Å². The number of nitrogens with zero attached hydrogens (tertiary/aromatic N) is 2. The van der Waals surface area contributed by atoms with Gasteiger partial charge in [-0.2, -0.15) is 0 Å². The van der Waals surface area contributed by atoms with Crippen LogP contribution < -0.4 is 5.32 Å². The fourth-order valence-electron chi connectivity index (χ4n) is 3.09. The van der Waals surface area contributed by atoms with E-state index in [9.17, 15) is 14.9 Å². The molecule has 0 radical (unpaired) electrons. The van der Waals surface area contributed by atoms with Gasteiger partial charge in [0.25, 0.3) is 11.6 Å². The number of rotatable bonds is 5. The summed E-state index contributed by atoms with van der Waals surface area (Å²) in [4.78, 5) is 27.8. The number of para-hydroxylation sites is 1. The van der Waals surface area contributed by atoms with Crippen molar-refractivity contribution in [1.29, 1.82) is 0 Å². The largest absolute Gasteiger partial charge is 0.322 e. The Morgan fingerprint density at radius 2 is 1.70 bits per heavy atom. The second-order valence-electron chi connectivity index (χ2n) is 6.66. The second-order valence-corrected chi connectivity index (χ2v) is 7.52. The standard InChI is InChI=1S/C23H17N3O3S/c1-15-6-2-3-7-18(15)23-25-20(14-30-23)16-10-12-17(13-11-16)24-22(27)19-8-4-5-9-21(19)26(28)29/h2-14H,1H3,(H,24,27). The number of carbonyl (C=O) groups excluding carboxylic acids is 1. The summed E-state index contributed by atoms with van der Waals surface area (Å²) in [5.41, 5.74) is 4.42. The summed E-state index contributed by atoms with van der Waals surface area (Å²) in [5, 5.41) is 16.8. The summed E-state index contributed by atoms with van der Waals surface area (Å²) in [6.45, 7) is 2.06. The highest BCUT2D eigenvalue weighted by atomic mass is 32.1. The fraction of sp³-hybridized carbons (Fsp3) is 0.0435. The maximum absolute atomic E-state index is 12.5. The first-order chi connectivity index (χ1) is 14.5. The number of amides is 1. The molecule has 0 unspecified atom stereocenters. The molecule has 1 aromatic heterocycles. The van der Waals surface area contributed by atoms with E-state index >= 15 is 0 Å². The SMILES string of the molecule is Cc1ccccc1-c1nc(-c2ccc(NC(=O)c3ccccc3[N+](=O)[O-])cc2)cs1. The van der Waals surface area contributed by atoms with Gasteiger partial charge in [-0.15, -0.1) is 11.3 Å². The number of anilines is 1. The molecule has 0 saturated carbocycles. The number of aromatic nitrogens is 1. The lowest BCUT2D eigenvalue weighted by Gasteiger charge is -2.06. The van der Waals surface area contributed by atoms with Crippen LogP contribution in [0.2, 0.25) is 0 Å². The average Bonchev–Trinajstić information content (AvgIpc) is 3.24. The predicted octanol–water partition coefficient (Wildman–Crippen LogP) is 5.95. The van der Waals surface area contributed by atoms with Crippen LogP contribution in [0.3, 0.4) is 0 Å². The van der Waals surface area contributed by atoms with E-state index in [0.717, 1.165) is 21.8 Å². The van der Waals surface area contributed by atoms with Crippen molar-refractivity contribution in [1.82, 2.24) is 4.98 Å². The van der Waals surface area contributed by atoms with Gasteiger partial charge < -0.3 is 5.32 Å². The topological polar surface area (TPSA) is 85.1 Å². The normalized spacial score (nSPS) is 10.6. The van der Waals surface area contributed by atoms with E-state index in [1.54, 1.807) is 29.5 Å².